The number of rotatable bonds is 9. The van der Waals surface area contributed by atoms with Gasteiger partial charge in [-0.2, -0.15) is 0 Å². The zero-order valence-electron chi connectivity index (χ0n) is 21.5. The van der Waals surface area contributed by atoms with Crippen molar-refractivity contribution in [1.29, 1.82) is 0 Å². The molecule has 2 N–H and O–H groups in total. The lowest BCUT2D eigenvalue weighted by molar-refractivity contribution is 0.220. The molecule has 5 nitrogen and oxygen atoms in total. The third-order valence-corrected chi connectivity index (χ3v) is 7.59. The van der Waals surface area contributed by atoms with Gasteiger partial charge in [-0.25, -0.2) is 13.6 Å². The van der Waals surface area contributed by atoms with E-state index in [1.165, 1.54) is 0 Å². The Morgan fingerprint density at radius 3 is 1.66 bits per heavy atom. The molecule has 0 amide bonds. The molecule has 0 aliphatic heterocycles. The number of hydrogen-bond acceptors (Lipinski definition) is 4. The van der Waals surface area contributed by atoms with Crippen LogP contribution < -0.4 is 14.6 Å². The maximum Gasteiger partial charge on any atom is 0.238 e. The van der Waals surface area contributed by atoms with E-state index in [4.69, 9.17) is 14.6 Å². The number of primary sulfonamides is 1. The predicted molar refractivity (Wildman–Crippen MR) is 153 cm³/mol. The van der Waals surface area contributed by atoms with E-state index < -0.39 is 10.0 Å². The molecular formula is C32H31NO4S. The van der Waals surface area contributed by atoms with Gasteiger partial charge in [-0.15, -0.1) is 0 Å². The molecule has 5 aromatic rings. The van der Waals surface area contributed by atoms with E-state index in [1.54, 1.807) is 12.1 Å². The standard InChI is InChI=1S/C32H31NO4S/c1-22(36-30-14-12-25-7-3-5-9-27(25)20-30)17-24-11-16-32(38(33,34)35)29(19-24)18-23(2)37-31-15-13-26-8-4-6-10-28(26)21-31/h3-16,19-23H,17-18H2,1-2H3,(H2,33,34,35). The molecule has 0 saturated carbocycles. The summed E-state index contributed by atoms with van der Waals surface area (Å²) in [4.78, 5) is 0.123. The first kappa shape index (κ1) is 25.8. The Morgan fingerprint density at radius 2 is 1.13 bits per heavy atom. The van der Waals surface area contributed by atoms with Gasteiger partial charge in [-0.1, -0.05) is 72.8 Å². The summed E-state index contributed by atoms with van der Waals surface area (Å²) in [5.41, 5.74) is 1.61. The SMILES string of the molecule is CC(Cc1ccc(S(N)(=O)=O)c(CC(C)Oc2ccc3ccccc3c2)c1)Oc1ccc2ccccc2c1. The molecule has 0 spiro atoms. The van der Waals surface area contributed by atoms with Gasteiger partial charge in [-0.3, -0.25) is 0 Å². The molecule has 0 bridgehead atoms. The summed E-state index contributed by atoms with van der Waals surface area (Å²) in [6.07, 6.45) is 0.630. The highest BCUT2D eigenvalue weighted by atomic mass is 32.2. The van der Waals surface area contributed by atoms with Crippen molar-refractivity contribution in [3.63, 3.8) is 0 Å². The summed E-state index contributed by atoms with van der Waals surface area (Å²) in [7, 11) is -3.88. The summed E-state index contributed by atoms with van der Waals surface area (Å²) in [5, 5.41) is 10.1. The number of ether oxygens (including phenoxy) is 2. The lowest BCUT2D eigenvalue weighted by Gasteiger charge is -2.19. The topological polar surface area (TPSA) is 78.6 Å². The normalized spacial score (nSPS) is 13.3. The van der Waals surface area contributed by atoms with Crippen LogP contribution in [0.15, 0.2) is 108 Å². The zero-order valence-corrected chi connectivity index (χ0v) is 22.3. The number of hydrogen-bond donors (Lipinski definition) is 1. The molecule has 5 aromatic carbocycles. The maximum atomic E-state index is 12.3. The lowest BCUT2D eigenvalue weighted by atomic mass is 10.0. The molecule has 0 saturated heterocycles. The van der Waals surface area contributed by atoms with Crippen LogP contribution in [0.1, 0.15) is 25.0 Å². The second kappa shape index (κ2) is 10.9. The van der Waals surface area contributed by atoms with Crippen LogP contribution in [-0.4, -0.2) is 20.6 Å². The Labute approximate surface area is 223 Å². The summed E-state index contributed by atoms with van der Waals surface area (Å²) in [6, 6.07) is 33.5. The maximum absolute atomic E-state index is 12.3. The van der Waals surface area contributed by atoms with Gasteiger partial charge in [0.15, 0.2) is 0 Å². The fourth-order valence-electron chi connectivity index (χ4n) is 4.87. The summed E-state index contributed by atoms with van der Waals surface area (Å²) in [5.74, 6) is 1.54. The average Bonchev–Trinajstić information content (AvgIpc) is 2.88. The van der Waals surface area contributed by atoms with Crippen molar-refractivity contribution in [3.8, 4) is 11.5 Å². The van der Waals surface area contributed by atoms with Crippen molar-refractivity contribution in [1.82, 2.24) is 0 Å². The minimum Gasteiger partial charge on any atom is -0.490 e. The third kappa shape index (κ3) is 6.15. The monoisotopic (exact) mass is 525 g/mol. The van der Waals surface area contributed by atoms with Crippen LogP contribution >= 0.6 is 0 Å². The Bertz CT molecular complexity index is 1700. The van der Waals surface area contributed by atoms with Gasteiger partial charge in [0, 0.05) is 12.8 Å². The van der Waals surface area contributed by atoms with Crippen molar-refractivity contribution in [2.75, 3.05) is 0 Å². The Balaban J connectivity index is 1.31. The van der Waals surface area contributed by atoms with Crippen LogP contribution in [0.2, 0.25) is 0 Å². The van der Waals surface area contributed by atoms with Crippen molar-refractivity contribution in [3.05, 3.63) is 114 Å². The predicted octanol–water partition coefficient (Wildman–Crippen LogP) is 6.66. The molecule has 5 rings (SSSR count). The van der Waals surface area contributed by atoms with Gasteiger partial charge >= 0.3 is 0 Å². The molecular weight excluding hydrogens is 494 g/mol. The molecule has 0 aliphatic rings. The van der Waals surface area contributed by atoms with E-state index >= 15 is 0 Å². The fraction of sp³-hybridized carbons (Fsp3) is 0.188. The van der Waals surface area contributed by atoms with Crippen LogP contribution in [0.25, 0.3) is 21.5 Å². The Morgan fingerprint density at radius 1 is 0.632 bits per heavy atom. The number of benzene rings is 5. The van der Waals surface area contributed by atoms with Crippen molar-refractivity contribution >= 4 is 31.6 Å². The zero-order chi connectivity index (χ0) is 26.7. The first-order chi connectivity index (χ1) is 18.2. The molecule has 2 atom stereocenters. The average molecular weight is 526 g/mol. The smallest absolute Gasteiger partial charge is 0.238 e. The van der Waals surface area contributed by atoms with E-state index in [0.717, 1.165) is 38.6 Å². The first-order valence-corrected chi connectivity index (χ1v) is 14.2. The highest BCUT2D eigenvalue weighted by molar-refractivity contribution is 7.89. The number of fused-ring (bicyclic) bond motifs is 2. The Hall–Kier alpha value is -3.87. The van der Waals surface area contributed by atoms with E-state index in [2.05, 4.69) is 18.2 Å². The largest absolute Gasteiger partial charge is 0.490 e. The highest BCUT2D eigenvalue weighted by Gasteiger charge is 2.18. The van der Waals surface area contributed by atoms with Crippen LogP contribution in [0.5, 0.6) is 11.5 Å². The first-order valence-electron chi connectivity index (χ1n) is 12.7. The molecule has 38 heavy (non-hydrogen) atoms. The van der Waals surface area contributed by atoms with Crippen LogP contribution in [-0.2, 0) is 22.9 Å². The molecule has 0 aliphatic carbocycles. The molecule has 194 valence electrons. The molecule has 2 unspecified atom stereocenters. The summed E-state index contributed by atoms with van der Waals surface area (Å²) < 4.78 is 37.0. The van der Waals surface area contributed by atoms with Crippen LogP contribution in [0.3, 0.4) is 0 Å². The van der Waals surface area contributed by atoms with Crippen molar-refractivity contribution < 1.29 is 17.9 Å². The van der Waals surface area contributed by atoms with Gasteiger partial charge in [-0.05, 0) is 76.9 Å². The van der Waals surface area contributed by atoms with Crippen molar-refractivity contribution in [2.24, 2.45) is 5.14 Å². The molecule has 0 radical (unpaired) electrons. The second-order valence-electron chi connectivity index (χ2n) is 9.77. The van der Waals surface area contributed by atoms with Gasteiger partial charge in [0.1, 0.15) is 11.5 Å². The van der Waals surface area contributed by atoms with E-state index in [-0.39, 0.29) is 17.1 Å². The van der Waals surface area contributed by atoms with E-state index in [9.17, 15) is 8.42 Å². The Kier molecular flexibility index (Phi) is 7.36. The molecule has 0 aromatic heterocycles. The van der Waals surface area contributed by atoms with Crippen LogP contribution in [0, 0.1) is 0 Å². The van der Waals surface area contributed by atoms with Gasteiger partial charge in [0.25, 0.3) is 0 Å². The lowest BCUT2D eigenvalue weighted by Crippen LogP contribution is -2.21. The van der Waals surface area contributed by atoms with Gasteiger partial charge in [0.05, 0.1) is 17.1 Å². The molecule has 0 heterocycles. The minimum absolute atomic E-state index is 0.115. The highest BCUT2D eigenvalue weighted by Crippen LogP contribution is 2.26. The minimum atomic E-state index is -3.88. The molecule has 0 fully saturated rings. The third-order valence-electron chi connectivity index (χ3n) is 6.58. The fourth-order valence-corrected chi connectivity index (χ4v) is 5.63. The summed E-state index contributed by atoms with van der Waals surface area (Å²) >= 11 is 0. The van der Waals surface area contributed by atoms with Gasteiger partial charge < -0.3 is 9.47 Å². The van der Waals surface area contributed by atoms with E-state index in [1.807, 2.05) is 86.6 Å². The van der Waals surface area contributed by atoms with E-state index in [0.29, 0.717) is 18.4 Å². The quantitative estimate of drug-likeness (QED) is 0.233. The van der Waals surface area contributed by atoms with Crippen molar-refractivity contribution in [2.45, 2.75) is 43.8 Å². The summed E-state index contributed by atoms with van der Waals surface area (Å²) in [6.45, 7) is 3.94. The second-order valence-corrected chi connectivity index (χ2v) is 11.3. The van der Waals surface area contributed by atoms with Crippen LogP contribution in [0.4, 0.5) is 0 Å². The molecule has 6 heteroatoms. The van der Waals surface area contributed by atoms with Gasteiger partial charge in [0.2, 0.25) is 10.0 Å². The number of sulfonamides is 1. The number of nitrogens with two attached hydrogens (primary N) is 1.